The first-order valence-corrected chi connectivity index (χ1v) is 10.4. The van der Waals surface area contributed by atoms with Crippen LogP contribution in [0.1, 0.15) is 45.5 Å². The molecule has 31 heavy (non-hydrogen) atoms. The zero-order valence-electron chi connectivity index (χ0n) is 16.8. The summed E-state index contributed by atoms with van der Waals surface area (Å²) in [6.07, 6.45) is 2.17. The van der Waals surface area contributed by atoms with E-state index in [0.717, 1.165) is 40.1 Å². The Morgan fingerprint density at radius 2 is 1.97 bits per heavy atom. The summed E-state index contributed by atoms with van der Waals surface area (Å²) in [6.45, 7) is 3.23. The van der Waals surface area contributed by atoms with Crippen LogP contribution in [0.2, 0.25) is 0 Å². The van der Waals surface area contributed by atoms with Gasteiger partial charge in [-0.3, -0.25) is 30.6 Å². The monoisotopic (exact) mass is 441 g/mol. The van der Waals surface area contributed by atoms with E-state index in [1.165, 1.54) is 29.5 Å². The molecule has 2 N–H and O–H groups in total. The first-order valence-electron chi connectivity index (χ1n) is 9.58. The Labute approximate surface area is 180 Å². The van der Waals surface area contributed by atoms with Crippen molar-refractivity contribution < 1.29 is 19.2 Å². The van der Waals surface area contributed by atoms with E-state index in [4.69, 9.17) is 4.74 Å². The van der Waals surface area contributed by atoms with E-state index in [1.54, 1.807) is 6.07 Å². The molecule has 0 unspecified atom stereocenters. The average molecular weight is 441 g/mol. The molecule has 160 valence electrons. The molecule has 0 atom stereocenters. The van der Waals surface area contributed by atoms with Crippen molar-refractivity contribution >= 4 is 39.1 Å². The fraction of sp³-hybridized carbons (Fsp3) is 0.300. The predicted octanol–water partition coefficient (Wildman–Crippen LogP) is 2.93. The van der Waals surface area contributed by atoms with Crippen LogP contribution in [0.3, 0.4) is 0 Å². The molecule has 0 bridgehead atoms. The van der Waals surface area contributed by atoms with Gasteiger partial charge in [0.25, 0.3) is 11.8 Å². The second-order valence-electron chi connectivity index (χ2n) is 7.19. The van der Waals surface area contributed by atoms with Gasteiger partial charge < -0.3 is 4.74 Å². The van der Waals surface area contributed by atoms with E-state index in [2.05, 4.69) is 20.8 Å². The highest BCUT2D eigenvalue weighted by Crippen LogP contribution is 2.40. The molecule has 0 radical (unpaired) electrons. The highest BCUT2D eigenvalue weighted by molar-refractivity contribution is 7.20. The third-order valence-corrected chi connectivity index (χ3v) is 6.06. The smallest absolute Gasteiger partial charge is 0.310 e. The molecule has 3 aromatic rings. The van der Waals surface area contributed by atoms with E-state index in [-0.39, 0.29) is 11.4 Å². The number of fused-ring (bicyclic) bond motifs is 1. The van der Waals surface area contributed by atoms with Crippen LogP contribution >= 0.6 is 11.3 Å². The van der Waals surface area contributed by atoms with Crippen molar-refractivity contribution in [2.45, 2.75) is 32.6 Å². The Kier molecular flexibility index (Phi) is 5.51. The topological polar surface area (TPSA) is 136 Å². The number of rotatable bonds is 6. The number of aromatic nitrogens is 2. The van der Waals surface area contributed by atoms with Gasteiger partial charge >= 0.3 is 5.69 Å². The molecule has 0 aliphatic heterocycles. The molecule has 1 fully saturated rings. The number of carbonyl (C=O) groups excluding carboxylic acids is 2. The molecule has 11 heteroatoms. The summed E-state index contributed by atoms with van der Waals surface area (Å²) in [7, 11) is 0. The van der Waals surface area contributed by atoms with Gasteiger partial charge in [-0.05, 0) is 38.3 Å². The second-order valence-corrected chi connectivity index (χ2v) is 8.19. The zero-order chi connectivity index (χ0) is 22.1. The lowest BCUT2D eigenvalue weighted by molar-refractivity contribution is -0.385. The molecule has 0 saturated heterocycles. The van der Waals surface area contributed by atoms with Gasteiger partial charge in [-0.25, -0.2) is 9.97 Å². The normalized spacial score (nSPS) is 13.1. The predicted molar refractivity (Wildman–Crippen MR) is 113 cm³/mol. The zero-order valence-corrected chi connectivity index (χ0v) is 17.6. The van der Waals surface area contributed by atoms with E-state index in [9.17, 15) is 19.7 Å². The van der Waals surface area contributed by atoms with Gasteiger partial charge in [0.15, 0.2) is 12.4 Å². The standard InChI is InChI=1S/C20H19N5O5S/c1-10-16-11(2)21-18(12-7-8-12)22-20(16)31-17(10)19(27)24-23-15(26)9-30-14-6-4-3-5-13(14)25(28)29/h3-6,12H,7-9H2,1-2H3,(H,23,26)(H,24,27). The van der Waals surface area contributed by atoms with E-state index < -0.39 is 23.3 Å². The quantitative estimate of drug-likeness (QED) is 0.443. The van der Waals surface area contributed by atoms with Crippen LogP contribution in [0.5, 0.6) is 5.75 Å². The number of ether oxygens (including phenoxy) is 1. The van der Waals surface area contributed by atoms with Crippen LogP contribution in [-0.2, 0) is 4.79 Å². The number of carbonyl (C=O) groups is 2. The molecular weight excluding hydrogens is 422 g/mol. The van der Waals surface area contributed by atoms with Crippen molar-refractivity contribution in [2.75, 3.05) is 6.61 Å². The summed E-state index contributed by atoms with van der Waals surface area (Å²) >= 11 is 1.25. The summed E-state index contributed by atoms with van der Waals surface area (Å²) < 4.78 is 5.21. The molecular formula is C20H19N5O5S. The van der Waals surface area contributed by atoms with Gasteiger partial charge in [0.1, 0.15) is 10.7 Å². The fourth-order valence-electron chi connectivity index (χ4n) is 3.19. The molecule has 10 nitrogen and oxygen atoms in total. The minimum Gasteiger partial charge on any atom is -0.477 e. The number of amides is 2. The van der Waals surface area contributed by atoms with E-state index in [0.29, 0.717) is 10.8 Å². The number of hydrazine groups is 1. The second kappa shape index (κ2) is 8.26. The van der Waals surface area contributed by atoms with Gasteiger partial charge in [0, 0.05) is 17.4 Å². The Morgan fingerprint density at radius 1 is 1.23 bits per heavy atom. The number of hydrogen-bond donors (Lipinski definition) is 2. The third kappa shape index (κ3) is 4.31. The third-order valence-electron chi connectivity index (χ3n) is 4.87. The van der Waals surface area contributed by atoms with Gasteiger partial charge in [0.05, 0.1) is 15.5 Å². The maximum absolute atomic E-state index is 12.6. The van der Waals surface area contributed by atoms with Crippen LogP contribution in [0, 0.1) is 24.0 Å². The summed E-state index contributed by atoms with van der Waals surface area (Å²) in [6, 6.07) is 5.73. The highest BCUT2D eigenvalue weighted by atomic mass is 32.1. The van der Waals surface area contributed by atoms with Gasteiger partial charge in [0.2, 0.25) is 0 Å². The highest BCUT2D eigenvalue weighted by Gasteiger charge is 2.28. The molecule has 0 spiro atoms. The molecule has 2 aromatic heterocycles. The number of thiophene rings is 1. The minimum atomic E-state index is -0.655. The first kappa shape index (κ1) is 20.7. The van der Waals surface area contributed by atoms with Crippen LogP contribution in [0.15, 0.2) is 24.3 Å². The Morgan fingerprint density at radius 3 is 2.68 bits per heavy atom. The molecule has 1 saturated carbocycles. The lowest BCUT2D eigenvalue weighted by atomic mass is 10.1. The molecule has 1 aliphatic carbocycles. The van der Waals surface area contributed by atoms with Crippen molar-refractivity contribution in [1.29, 1.82) is 0 Å². The number of nitrogens with one attached hydrogen (secondary N) is 2. The number of nitro benzene ring substituents is 1. The maximum atomic E-state index is 12.6. The molecule has 2 heterocycles. The number of benzene rings is 1. The molecule has 1 aromatic carbocycles. The summed E-state index contributed by atoms with van der Waals surface area (Å²) in [5.41, 5.74) is 5.96. The van der Waals surface area contributed by atoms with Crippen LogP contribution in [0.4, 0.5) is 5.69 Å². The Bertz CT molecular complexity index is 1200. The summed E-state index contributed by atoms with van der Waals surface area (Å²) in [4.78, 5) is 45.4. The van der Waals surface area contributed by atoms with Crippen LogP contribution < -0.4 is 15.6 Å². The first-order chi connectivity index (χ1) is 14.8. The van der Waals surface area contributed by atoms with Crippen molar-refractivity contribution in [3.8, 4) is 5.75 Å². The summed E-state index contributed by atoms with van der Waals surface area (Å²) in [5, 5.41) is 11.8. The number of nitro groups is 1. The van der Waals surface area contributed by atoms with Gasteiger partial charge in [-0.15, -0.1) is 11.3 Å². The lowest BCUT2D eigenvalue weighted by Crippen LogP contribution is -2.43. The maximum Gasteiger partial charge on any atom is 0.310 e. The lowest BCUT2D eigenvalue weighted by Gasteiger charge is -2.08. The Balaban J connectivity index is 1.40. The van der Waals surface area contributed by atoms with E-state index >= 15 is 0 Å². The van der Waals surface area contributed by atoms with Gasteiger partial charge in [-0.2, -0.15) is 0 Å². The van der Waals surface area contributed by atoms with Crippen molar-refractivity contribution in [1.82, 2.24) is 20.8 Å². The fourth-order valence-corrected chi connectivity index (χ4v) is 4.33. The molecule has 1 aliphatic rings. The number of para-hydroxylation sites is 2. The van der Waals surface area contributed by atoms with Crippen LogP contribution in [0.25, 0.3) is 10.2 Å². The number of hydrogen-bond acceptors (Lipinski definition) is 8. The molecule has 4 rings (SSSR count). The SMILES string of the molecule is Cc1nc(C2CC2)nc2sc(C(=O)NNC(=O)COc3ccccc3[N+](=O)[O-])c(C)c12. The van der Waals surface area contributed by atoms with Gasteiger partial charge in [-0.1, -0.05) is 12.1 Å². The van der Waals surface area contributed by atoms with Crippen molar-refractivity contribution in [3.05, 3.63) is 56.3 Å². The largest absolute Gasteiger partial charge is 0.477 e. The minimum absolute atomic E-state index is 0.0326. The number of nitrogens with zero attached hydrogens (tertiary/aromatic N) is 3. The Hall–Kier alpha value is -3.60. The van der Waals surface area contributed by atoms with Crippen molar-refractivity contribution in [3.63, 3.8) is 0 Å². The molecule has 2 amide bonds. The van der Waals surface area contributed by atoms with Crippen LogP contribution in [-0.4, -0.2) is 33.3 Å². The van der Waals surface area contributed by atoms with Crippen molar-refractivity contribution in [2.24, 2.45) is 0 Å². The summed E-state index contributed by atoms with van der Waals surface area (Å²) in [5.74, 6) is 0.0557. The number of aryl methyl sites for hydroxylation is 2. The average Bonchev–Trinajstić information content (AvgIpc) is 3.54. The van der Waals surface area contributed by atoms with E-state index in [1.807, 2.05) is 13.8 Å².